The van der Waals surface area contributed by atoms with Gasteiger partial charge in [-0.15, -0.1) is 0 Å². The summed E-state index contributed by atoms with van der Waals surface area (Å²) in [5, 5.41) is 11.2. The zero-order valence-corrected chi connectivity index (χ0v) is 16.3. The molecule has 2 heterocycles. The first kappa shape index (κ1) is 19.3. The number of nitrogens with two attached hydrogens (primary N) is 1. The van der Waals surface area contributed by atoms with Crippen molar-refractivity contribution in [2.45, 2.75) is 34.1 Å². The number of aryl methyl sites for hydroxylation is 1. The van der Waals surface area contributed by atoms with Gasteiger partial charge in [0.15, 0.2) is 0 Å². The quantitative estimate of drug-likeness (QED) is 0.680. The highest BCUT2D eigenvalue weighted by Crippen LogP contribution is 2.34. The molecule has 0 fully saturated rings. The van der Waals surface area contributed by atoms with Gasteiger partial charge in [-0.05, 0) is 31.9 Å². The van der Waals surface area contributed by atoms with Gasteiger partial charge >= 0.3 is 0 Å². The maximum atomic E-state index is 12.1. The van der Waals surface area contributed by atoms with Crippen LogP contribution in [0.1, 0.15) is 42.0 Å². The predicted octanol–water partition coefficient (Wildman–Crippen LogP) is 3.23. The normalized spacial score (nSPS) is 11.0. The van der Waals surface area contributed by atoms with Crippen LogP contribution in [0.15, 0.2) is 34.9 Å². The second-order valence-electron chi connectivity index (χ2n) is 7.04. The average molecular weight is 381 g/mol. The third-order valence-corrected chi connectivity index (χ3v) is 4.31. The summed E-state index contributed by atoms with van der Waals surface area (Å²) in [4.78, 5) is 24.2. The van der Waals surface area contributed by atoms with E-state index in [-0.39, 0.29) is 35.4 Å². The van der Waals surface area contributed by atoms with Gasteiger partial charge in [0.05, 0.1) is 17.1 Å². The highest BCUT2D eigenvalue weighted by atomic mass is 16.5. The fourth-order valence-electron chi connectivity index (χ4n) is 3.13. The largest absolute Gasteiger partial charge is 0.365 e. The van der Waals surface area contributed by atoms with Crippen LogP contribution < -0.4 is 11.1 Å². The summed E-state index contributed by atoms with van der Waals surface area (Å²) < 4.78 is 7.03. The Morgan fingerprint density at radius 2 is 1.89 bits per heavy atom. The van der Waals surface area contributed by atoms with Gasteiger partial charge in [-0.1, -0.05) is 37.2 Å². The maximum absolute atomic E-state index is 12.1. The second kappa shape index (κ2) is 7.67. The first-order chi connectivity index (χ1) is 13.3. The summed E-state index contributed by atoms with van der Waals surface area (Å²) in [6, 6.07) is 9.61. The number of nitrogens with one attached hydrogen (secondary N) is 1. The van der Waals surface area contributed by atoms with Crippen LogP contribution in [-0.4, -0.2) is 26.8 Å². The zero-order chi connectivity index (χ0) is 20.4. The van der Waals surface area contributed by atoms with Crippen molar-refractivity contribution in [2.24, 2.45) is 11.7 Å². The molecular weight excluding hydrogens is 358 g/mol. The fraction of sp³-hybridized carbons (Fsp3) is 0.300. The van der Waals surface area contributed by atoms with Crippen molar-refractivity contribution in [3.8, 4) is 16.9 Å². The molecule has 1 aromatic carbocycles. The van der Waals surface area contributed by atoms with Crippen LogP contribution in [0.25, 0.3) is 16.9 Å². The summed E-state index contributed by atoms with van der Waals surface area (Å²) in [7, 11) is 0. The molecule has 0 saturated heterocycles. The molecule has 0 aliphatic rings. The first-order valence-electron chi connectivity index (χ1n) is 9.01. The molecule has 0 spiro atoms. The molecule has 0 saturated carbocycles. The van der Waals surface area contributed by atoms with Crippen LogP contribution in [-0.2, 0) is 4.79 Å². The third kappa shape index (κ3) is 3.66. The van der Waals surface area contributed by atoms with Crippen LogP contribution in [0.4, 0.5) is 5.88 Å². The minimum absolute atomic E-state index is 0.0379. The van der Waals surface area contributed by atoms with Gasteiger partial charge < -0.3 is 10.3 Å². The van der Waals surface area contributed by atoms with Crippen molar-refractivity contribution >= 4 is 17.7 Å². The van der Waals surface area contributed by atoms with Crippen molar-refractivity contribution < 1.29 is 14.1 Å². The number of hydrogen-bond donors (Lipinski definition) is 2. The van der Waals surface area contributed by atoms with E-state index in [4.69, 9.17) is 10.3 Å². The summed E-state index contributed by atoms with van der Waals surface area (Å²) in [6.07, 6.45) is 0.290. The minimum atomic E-state index is -0.734. The van der Waals surface area contributed by atoms with Crippen molar-refractivity contribution in [3.63, 3.8) is 0 Å². The molecule has 3 rings (SSSR count). The van der Waals surface area contributed by atoms with E-state index >= 15 is 0 Å². The van der Waals surface area contributed by atoms with Crippen LogP contribution in [0.3, 0.4) is 0 Å². The number of nitrogens with zero attached hydrogens (tertiary/aromatic N) is 3. The van der Waals surface area contributed by atoms with Gasteiger partial charge in [-0.2, -0.15) is 5.10 Å². The lowest BCUT2D eigenvalue weighted by atomic mass is 10.0. The second-order valence-corrected chi connectivity index (χ2v) is 7.04. The number of carbonyl (C=O) groups excluding carboxylic acids is 2. The van der Waals surface area contributed by atoms with Gasteiger partial charge in [-0.25, -0.2) is 4.68 Å². The van der Waals surface area contributed by atoms with E-state index in [0.717, 1.165) is 11.4 Å². The van der Waals surface area contributed by atoms with Gasteiger partial charge in [0.1, 0.15) is 11.3 Å². The molecule has 0 aliphatic carbocycles. The molecule has 8 nitrogen and oxygen atoms in total. The number of amides is 2. The molecule has 0 atom stereocenters. The van der Waals surface area contributed by atoms with Crippen molar-refractivity contribution in [2.75, 3.05) is 5.32 Å². The van der Waals surface area contributed by atoms with E-state index in [0.29, 0.717) is 11.3 Å². The molecule has 2 amide bonds. The molecule has 2 aromatic heterocycles. The van der Waals surface area contributed by atoms with Crippen molar-refractivity contribution in [1.82, 2.24) is 14.9 Å². The molecule has 146 valence electrons. The lowest BCUT2D eigenvalue weighted by Gasteiger charge is -2.06. The third-order valence-electron chi connectivity index (χ3n) is 4.31. The number of primary amides is 1. The number of anilines is 1. The number of carbonyl (C=O) groups is 2. The molecule has 3 aromatic rings. The fourth-order valence-corrected chi connectivity index (χ4v) is 3.13. The maximum Gasteiger partial charge on any atom is 0.256 e. The van der Waals surface area contributed by atoms with E-state index in [1.165, 1.54) is 0 Å². The molecule has 0 aliphatic heterocycles. The standard InChI is InChI=1S/C20H23N5O3/c1-11(2)10-15(26)22-20-17(19(21)27)18(24-28-20)16-12(3)23-25(13(16)4)14-8-6-5-7-9-14/h5-9,11H,10H2,1-4H3,(H2,21,27)(H,22,26). The van der Waals surface area contributed by atoms with Crippen LogP contribution >= 0.6 is 0 Å². The van der Waals surface area contributed by atoms with Gasteiger partial charge in [0, 0.05) is 12.0 Å². The number of hydrogen-bond acceptors (Lipinski definition) is 5. The Morgan fingerprint density at radius 3 is 2.50 bits per heavy atom. The Labute approximate surface area is 162 Å². The average Bonchev–Trinajstić information content (AvgIpc) is 3.15. The van der Waals surface area contributed by atoms with Gasteiger partial charge in [-0.3, -0.25) is 14.9 Å². The van der Waals surface area contributed by atoms with E-state index in [2.05, 4.69) is 15.6 Å². The Kier molecular flexibility index (Phi) is 5.30. The van der Waals surface area contributed by atoms with E-state index < -0.39 is 5.91 Å². The summed E-state index contributed by atoms with van der Waals surface area (Å²) >= 11 is 0. The highest BCUT2D eigenvalue weighted by molar-refractivity contribution is 6.06. The topological polar surface area (TPSA) is 116 Å². The van der Waals surface area contributed by atoms with Crippen molar-refractivity contribution in [3.05, 3.63) is 47.3 Å². The highest BCUT2D eigenvalue weighted by Gasteiger charge is 2.28. The molecule has 0 unspecified atom stereocenters. The zero-order valence-electron chi connectivity index (χ0n) is 16.3. The lowest BCUT2D eigenvalue weighted by Crippen LogP contribution is -2.18. The minimum Gasteiger partial charge on any atom is -0.365 e. The molecule has 28 heavy (non-hydrogen) atoms. The summed E-state index contributed by atoms with van der Waals surface area (Å²) in [5.74, 6) is -0.886. The SMILES string of the molecule is Cc1nn(-c2ccccc2)c(C)c1-c1noc(NC(=O)CC(C)C)c1C(N)=O. The molecule has 3 N–H and O–H groups in total. The predicted molar refractivity (Wildman–Crippen MR) is 105 cm³/mol. The van der Waals surface area contributed by atoms with Gasteiger partial charge in [0.25, 0.3) is 5.91 Å². The monoisotopic (exact) mass is 381 g/mol. The van der Waals surface area contributed by atoms with Crippen LogP contribution in [0.2, 0.25) is 0 Å². The summed E-state index contributed by atoms with van der Waals surface area (Å²) in [6.45, 7) is 7.53. The smallest absolute Gasteiger partial charge is 0.256 e. The van der Waals surface area contributed by atoms with E-state index in [1.54, 1.807) is 4.68 Å². The van der Waals surface area contributed by atoms with E-state index in [9.17, 15) is 9.59 Å². The Bertz CT molecular complexity index is 1020. The summed E-state index contributed by atoms with van der Waals surface area (Å²) in [5.41, 5.74) is 8.85. The molecule has 8 heteroatoms. The Balaban J connectivity index is 2.06. The lowest BCUT2D eigenvalue weighted by molar-refractivity contribution is -0.117. The number of aromatic nitrogens is 3. The van der Waals surface area contributed by atoms with E-state index in [1.807, 2.05) is 58.0 Å². The molecule has 0 bridgehead atoms. The first-order valence-corrected chi connectivity index (χ1v) is 9.01. The Hall–Kier alpha value is -3.42. The number of rotatable bonds is 6. The number of benzene rings is 1. The Morgan fingerprint density at radius 1 is 1.21 bits per heavy atom. The van der Waals surface area contributed by atoms with Crippen LogP contribution in [0.5, 0.6) is 0 Å². The van der Waals surface area contributed by atoms with Gasteiger partial charge in [0.2, 0.25) is 11.8 Å². The van der Waals surface area contributed by atoms with Crippen molar-refractivity contribution in [1.29, 1.82) is 0 Å². The number of para-hydroxylation sites is 1. The molecule has 0 radical (unpaired) electrons. The molecular formula is C20H23N5O3. The van der Waals surface area contributed by atoms with Crippen LogP contribution in [0, 0.1) is 19.8 Å².